The first-order valence-corrected chi connectivity index (χ1v) is 6.58. The Morgan fingerprint density at radius 2 is 2.00 bits per heavy atom. The van der Waals surface area contributed by atoms with Crippen molar-refractivity contribution in [3.05, 3.63) is 52.7 Å². The minimum atomic E-state index is 0.142. The second-order valence-electron chi connectivity index (χ2n) is 4.72. The fourth-order valence-electron chi connectivity index (χ4n) is 2.16. The first-order chi connectivity index (χ1) is 9.00. The molecule has 0 bridgehead atoms. The van der Waals surface area contributed by atoms with E-state index in [0.29, 0.717) is 5.69 Å². The van der Waals surface area contributed by atoms with E-state index in [1.807, 2.05) is 44.3 Å². The van der Waals surface area contributed by atoms with E-state index in [0.717, 1.165) is 22.0 Å². The number of nitrogen functional groups attached to an aromatic ring is 1. The minimum absolute atomic E-state index is 0.142. The highest BCUT2D eigenvalue weighted by Gasteiger charge is 2.17. The number of pyridine rings is 1. The quantitative estimate of drug-likeness (QED) is 0.926. The number of aryl methyl sites for hydroxylation is 1. The number of nitrogens with two attached hydrogens (primary N) is 1. The Labute approximate surface area is 119 Å². The number of nitrogens with zero attached hydrogens (tertiary/aromatic N) is 2. The first kappa shape index (κ1) is 13.7. The van der Waals surface area contributed by atoms with E-state index >= 15 is 0 Å². The molecule has 4 heteroatoms. The Hall–Kier alpha value is -1.74. The minimum Gasteiger partial charge on any atom is -0.397 e. The van der Waals surface area contributed by atoms with E-state index in [-0.39, 0.29) is 6.04 Å². The average molecular weight is 276 g/mol. The Morgan fingerprint density at radius 1 is 1.32 bits per heavy atom. The molecule has 100 valence electrons. The number of hydrogen-bond acceptors (Lipinski definition) is 3. The zero-order valence-electron chi connectivity index (χ0n) is 11.4. The largest absolute Gasteiger partial charge is 0.397 e. The molecule has 1 atom stereocenters. The van der Waals surface area contributed by atoms with Crippen LogP contribution < -0.4 is 10.6 Å². The van der Waals surface area contributed by atoms with Crippen molar-refractivity contribution in [1.82, 2.24) is 4.98 Å². The second kappa shape index (κ2) is 5.49. The molecule has 0 aliphatic heterocycles. The Kier molecular flexibility index (Phi) is 3.96. The molecule has 0 aliphatic carbocycles. The third-order valence-electron chi connectivity index (χ3n) is 3.34. The van der Waals surface area contributed by atoms with Crippen molar-refractivity contribution in [3.8, 4) is 0 Å². The monoisotopic (exact) mass is 275 g/mol. The standard InChI is InChI=1S/C15H18ClN3/c1-10-8-12(17)9-18-15(10)19(3)11(2)13-6-4-5-7-14(13)16/h4-9,11H,17H2,1-3H3. The summed E-state index contributed by atoms with van der Waals surface area (Å²) in [6, 6.07) is 9.95. The van der Waals surface area contributed by atoms with Crippen molar-refractivity contribution >= 4 is 23.1 Å². The molecule has 1 heterocycles. The molecule has 1 aromatic heterocycles. The van der Waals surface area contributed by atoms with Crippen molar-refractivity contribution in [2.24, 2.45) is 0 Å². The van der Waals surface area contributed by atoms with Crippen molar-refractivity contribution in [1.29, 1.82) is 0 Å². The first-order valence-electron chi connectivity index (χ1n) is 6.20. The number of aromatic nitrogens is 1. The van der Waals surface area contributed by atoms with E-state index < -0.39 is 0 Å². The zero-order chi connectivity index (χ0) is 14.0. The van der Waals surface area contributed by atoms with E-state index in [1.54, 1.807) is 6.20 Å². The van der Waals surface area contributed by atoms with Crippen LogP contribution in [0.5, 0.6) is 0 Å². The maximum absolute atomic E-state index is 6.25. The van der Waals surface area contributed by atoms with Crippen LogP contribution in [0.25, 0.3) is 0 Å². The number of hydrogen-bond donors (Lipinski definition) is 1. The lowest BCUT2D eigenvalue weighted by molar-refractivity contribution is 0.726. The van der Waals surface area contributed by atoms with Crippen molar-refractivity contribution in [3.63, 3.8) is 0 Å². The molecular formula is C15H18ClN3. The highest BCUT2D eigenvalue weighted by atomic mass is 35.5. The van der Waals surface area contributed by atoms with Gasteiger partial charge in [-0.3, -0.25) is 0 Å². The zero-order valence-corrected chi connectivity index (χ0v) is 12.1. The van der Waals surface area contributed by atoms with Gasteiger partial charge in [0.25, 0.3) is 0 Å². The van der Waals surface area contributed by atoms with Crippen LogP contribution >= 0.6 is 11.6 Å². The average Bonchev–Trinajstić information content (AvgIpc) is 2.38. The summed E-state index contributed by atoms with van der Waals surface area (Å²) in [7, 11) is 2.01. The van der Waals surface area contributed by atoms with Gasteiger partial charge < -0.3 is 10.6 Å². The van der Waals surface area contributed by atoms with E-state index in [9.17, 15) is 0 Å². The molecule has 0 saturated carbocycles. The van der Waals surface area contributed by atoms with Gasteiger partial charge in [0.05, 0.1) is 17.9 Å². The molecule has 0 spiro atoms. The summed E-state index contributed by atoms with van der Waals surface area (Å²) < 4.78 is 0. The van der Waals surface area contributed by atoms with Gasteiger partial charge in [0.2, 0.25) is 0 Å². The predicted octanol–water partition coefficient (Wildman–Crippen LogP) is 3.82. The maximum Gasteiger partial charge on any atom is 0.131 e. The summed E-state index contributed by atoms with van der Waals surface area (Å²) in [5.74, 6) is 0.918. The van der Waals surface area contributed by atoms with Gasteiger partial charge in [-0.05, 0) is 37.1 Å². The van der Waals surface area contributed by atoms with Gasteiger partial charge in [-0.2, -0.15) is 0 Å². The van der Waals surface area contributed by atoms with Gasteiger partial charge in [0.1, 0.15) is 5.82 Å². The summed E-state index contributed by atoms with van der Waals surface area (Å²) in [6.07, 6.45) is 1.68. The summed E-state index contributed by atoms with van der Waals surface area (Å²) in [5.41, 5.74) is 8.56. The lowest BCUT2D eigenvalue weighted by Gasteiger charge is -2.28. The molecule has 0 saturated heterocycles. The van der Waals surface area contributed by atoms with Gasteiger partial charge in [-0.1, -0.05) is 29.8 Å². The number of anilines is 2. The van der Waals surface area contributed by atoms with Crippen LogP contribution in [-0.2, 0) is 0 Å². The van der Waals surface area contributed by atoms with E-state index in [1.165, 1.54) is 0 Å². The number of benzene rings is 1. The van der Waals surface area contributed by atoms with Crippen LogP contribution in [0.2, 0.25) is 5.02 Å². The highest BCUT2D eigenvalue weighted by molar-refractivity contribution is 6.31. The van der Waals surface area contributed by atoms with Crippen LogP contribution in [0.3, 0.4) is 0 Å². The molecule has 2 rings (SSSR count). The van der Waals surface area contributed by atoms with Crippen molar-refractivity contribution in [2.45, 2.75) is 19.9 Å². The molecule has 19 heavy (non-hydrogen) atoms. The van der Waals surface area contributed by atoms with Crippen molar-refractivity contribution in [2.75, 3.05) is 17.7 Å². The molecule has 2 N–H and O–H groups in total. The Bertz CT molecular complexity index is 583. The fourth-order valence-corrected chi connectivity index (χ4v) is 2.46. The fraction of sp³-hybridized carbons (Fsp3) is 0.267. The van der Waals surface area contributed by atoms with Crippen LogP contribution in [-0.4, -0.2) is 12.0 Å². The van der Waals surface area contributed by atoms with E-state index in [4.69, 9.17) is 17.3 Å². The normalized spacial score (nSPS) is 12.2. The summed E-state index contributed by atoms with van der Waals surface area (Å²) in [6.45, 7) is 4.12. The lowest BCUT2D eigenvalue weighted by Crippen LogP contribution is -2.23. The van der Waals surface area contributed by atoms with Crippen LogP contribution in [0.1, 0.15) is 24.1 Å². The van der Waals surface area contributed by atoms with Gasteiger partial charge in [-0.25, -0.2) is 4.98 Å². The maximum atomic E-state index is 6.25. The van der Waals surface area contributed by atoms with Gasteiger partial charge in [0.15, 0.2) is 0 Å². The molecule has 1 aromatic carbocycles. The molecule has 0 aliphatic rings. The molecular weight excluding hydrogens is 258 g/mol. The lowest BCUT2D eigenvalue weighted by atomic mass is 10.1. The van der Waals surface area contributed by atoms with Crippen LogP contribution in [0.15, 0.2) is 36.5 Å². The predicted molar refractivity (Wildman–Crippen MR) is 81.7 cm³/mol. The third kappa shape index (κ3) is 2.82. The molecule has 0 amide bonds. The topological polar surface area (TPSA) is 42.1 Å². The van der Waals surface area contributed by atoms with Gasteiger partial charge in [-0.15, -0.1) is 0 Å². The Balaban J connectivity index is 2.33. The van der Waals surface area contributed by atoms with Crippen LogP contribution in [0, 0.1) is 6.92 Å². The summed E-state index contributed by atoms with van der Waals surface area (Å²) in [4.78, 5) is 6.52. The van der Waals surface area contributed by atoms with Gasteiger partial charge in [0, 0.05) is 12.1 Å². The Morgan fingerprint density at radius 3 is 2.63 bits per heavy atom. The summed E-state index contributed by atoms with van der Waals surface area (Å²) >= 11 is 6.25. The van der Waals surface area contributed by atoms with Crippen molar-refractivity contribution < 1.29 is 0 Å². The molecule has 0 fully saturated rings. The molecule has 2 aromatic rings. The third-order valence-corrected chi connectivity index (χ3v) is 3.69. The molecule has 0 radical (unpaired) electrons. The molecule has 1 unspecified atom stereocenters. The SMILES string of the molecule is Cc1cc(N)cnc1N(C)C(C)c1ccccc1Cl. The molecule has 3 nitrogen and oxygen atoms in total. The van der Waals surface area contributed by atoms with E-state index in [2.05, 4.69) is 16.8 Å². The number of halogens is 1. The number of rotatable bonds is 3. The van der Waals surface area contributed by atoms with Crippen LogP contribution in [0.4, 0.5) is 11.5 Å². The summed E-state index contributed by atoms with van der Waals surface area (Å²) in [5, 5.41) is 0.773. The highest BCUT2D eigenvalue weighted by Crippen LogP contribution is 2.30. The second-order valence-corrected chi connectivity index (χ2v) is 5.12. The smallest absolute Gasteiger partial charge is 0.131 e. The van der Waals surface area contributed by atoms with Gasteiger partial charge >= 0.3 is 0 Å².